The van der Waals surface area contributed by atoms with E-state index in [1.54, 1.807) is 6.08 Å². The molecular formula is C14H29N5. The first-order valence-corrected chi connectivity index (χ1v) is 7.35. The lowest BCUT2D eigenvalue weighted by molar-refractivity contribution is 0.136. The molecule has 0 amide bonds. The minimum absolute atomic E-state index is 0.525. The molecule has 0 aromatic carbocycles. The number of nitrogens with zero attached hydrogens (tertiary/aromatic N) is 3. The molecule has 5 heteroatoms. The number of nitrogens with two attached hydrogens (primary N) is 1. The summed E-state index contributed by atoms with van der Waals surface area (Å²) in [6.07, 6.45) is 4.08. The highest BCUT2D eigenvalue weighted by atomic mass is 15.3. The Labute approximate surface area is 117 Å². The molecule has 0 atom stereocenters. The smallest absolute Gasteiger partial charge is 0.188 e. The summed E-state index contributed by atoms with van der Waals surface area (Å²) in [5.74, 6) is 0.525. The van der Waals surface area contributed by atoms with Gasteiger partial charge < -0.3 is 20.9 Å². The number of rotatable bonds is 8. The zero-order valence-corrected chi connectivity index (χ0v) is 12.3. The van der Waals surface area contributed by atoms with Crippen molar-refractivity contribution in [2.45, 2.75) is 19.8 Å². The van der Waals surface area contributed by atoms with Crippen molar-refractivity contribution < 1.29 is 0 Å². The largest absolute Gasteiger partial charge is 0.370 e. The Hall–Kier alpha value is -1.07. The third-order valence-electron chi connectivity index (χ3n) is 3.50. The van der Waals surface area contributed by atoms with Crippen LogP contribution in [0.1, 0.15) is 19.8 Å². The summed E-state index contributed by atoms with van der Waals surface area (Å²) in [5, 5.41) is 2.98. The molecule has 5 nitrogen and oxygen atoms in total. The van der Waals surface area contributed by atoms with Crippen LogP contribution in [0, 0.1) is 0 Å². The Bertz CT molecular complexity index is 269. The van der Waals surface area contributed by atoms with Crippen LogP contribution in [-0.2, 0) is 0 Å². The van der Waals surface area contributed by atoms with Gasteiger partial charge in [0.15, 0.2) is 5.96 Å². The summed E-state index contributed by atoms with van der Waals surface area (Å²) < 4.78 is 0. The number of nitrogens with one attached hydrogen (secondary N) is 1. The van der Waals surface area contributed by atoms with Gasteiger partial charge in [0.1, 0.15) is 0 Å². The van der Waals surface area contributed by atoms with Crippen LogP contribution in [-0.4, -0.2) is 68.1 Å². The van der Waals surface area contributed by atoms with Crippen molar-refractivity contribution in [1.82, 2.24) is 15.1 Å². The van der Waals surface area contributed by atoms with Gasteiger partial charge in [-0.2, -0.15) is 0 Å². The highest BCUT2D eigenvalue weighted by Gasteiger charge is 2.14. The van der Waals surface area contributed by atoms with Gasteiger partial charge in [0.25, 0.3) is 0 Å². The van der Waals surface area contributed by atoms with E-state index in [9.17, 15) is 0 Å². The first-order chi connectivity index (χ1) is 9.26. The monoisotopic (exact) mass is 267 g/mol. The van der Waals surface area contributed by atoms with E-state index >= 15 is 0 Å². The zero-order chi connectivity index (χ0) is 13.9. The Balaban J connectivity index is 2.00. The molecule has 0 saturated carbocycles. The van der Waals surface area contributed by atoms with E-state index in [1.807, 2.05) is 0 Å². The van der Waals surface area contributed by atoms with Gasteiger partial charge in [-0.15, -0.1) is 6.58 Å². The third kappa shape index (κ3) is 7.18. The Morgan fingerprint density at radius 3 is 2.58 bits per heavy atom. The second kappa shape index (κ2) is 9.81. The Morgan fingerprint density at radius 2 is 1.95 bits per heavy atom. The van der Waals surface area contributed by atoms with Crippen LogP contribution in [0.3, 0.4) is 0 Å². The van der Waals surface area contributed by atoms with E-state index in [0.29, 0.717) is 12.5 Å². The fraction of sp³-hybridized carbons (Fsp3) is 0.786. The summed E-state index contributed by atoms with van der Waals surface area (Å²) in [5.41, 5.74) is 5.69. The van der Waals surface area contributed by atoms with Crippen molar-refractivity contribution in [2.75, 3.05) is 52.4 Å². The molecular weight excluding hydrogens is 238 g/mol. The van der Waals surface area contributed by atoms with Crippen molar-refractivity contribution in [2.24, 2.45) is 10.7 Å². The van der Waals surface area contributed by atoms with Gasteiger partial charge in [0, 0.05) is 39.3 Å². The number of likely N-dealkylation sites (N-methyl/N-ethyl adjacent to an activating group) is 1. The van der Waals surface area contributed by atoms with Crippen LogP contribution in [0.4, 0.5) is 0 Å². The quantitative estimate of drug-likeness (QED) is 0.291. The second-order valence-corrected chi connectivity index (χ2v) is 4.92. The topological polar surface area (TPSA) is 56.9 Å². The molecule has 1 heterocycles. The lowest BCUT2D eigenvalue weighted by atomic mass is 10.2. The van der Waals surface area contributed by atoms with Crippen molar-refractivity contribution in [3.8, 4) is 0 Å². The Kier molecular flexibility index (Phi) is 8.25. The van der Waals surface area contributed by atoms with E-state index in [1.165, 1.54) is 45.7 Å². The summed E-state index contributed by atoms with van der Waals surface area (Å²) >= 11 is 0. The van der Waals surface area contributed by atoms with E-state index in [4.69, 9.17) is 5.73 Å². The van der Waals surface area contributed by atoms with E-state index < -0.39 is 0 Å². The van der Waals surface area contributed by atoms with Crippen LogP contribution >= 0.6 is 0 Å². The van der Waals surface area contributed by atoms with Gasteiger partial charge >= 0.3 is 0 Å². The molecule has 3 N–H and O–H groups in total. The molecule has 1 aliphatic heterocycles. The molecule has 110 valence electrons. The van der Waals surface area contributed by atoms with Crippen LogP contribution in [0.15, 0.2) is 17.6 Å². The number of unbranched alkanes of at least 4 members (excludes halogenated alkanes) is 1. The number of piperazine rings is 1. The SMILES string of the molecule is C=CCNC(N)=NCCCCN1CCN(CC)CC1. The molecule has 0 bridgehead atoms. The third-order valence-corrected chi connectivity index (χ3v) is 3.50. The molecule has 0 spiro atoms. The van der Waals surface area contributed by atoms with Crippen LogP contribution in [0.5, 0.6) is 0 Å². The maximum Gasteiger partial charge on any atom is 0.188 e. The van der Waals surface area contributed by atoms with Gasteiger partial charge in [-0.05, 0) is 25.9 Å². The molecule has 0 aliphatic carbocycles. The molecule has 0 aromatic heterocycles. The number of aliphatic imine (C=N–C) groups is 1. The summed E-state index contributed by atoms with van der Waals surface area (Å²) in [6, 6.07) is 0. The zero-order valence-electron chi connectivity index (χ0n) is 12.3. The normalized spacial score (nSPS) is 18.5. The average molecular weight is 267 g/mol. The molecule has 0 unspecified atom stereocenters. The lowest BCUT2D eigenvalue weighted by Crippen LogP contribution is -2.46. The number of hydrogen-bond acceptors (Lipinski definition) is 3. The van der Waals surface area contributed by atoms with E-state index in [2.05, 4.69) is 33.6 Å². The maximum absolute atomic E-state index is 5.69. The maximum atomic E-state index is 5.69. The summed E-state index contributed by atoms with van der Waals surface area (Å²) in [6.45, 7) is 14.6. The van der Waals surface area contributed by atoms with Gasteiger partial charge in [-0.25, -0.2) is 0 Å². The standard InChI is InChI=1S/C14H29N5/c1-3-7-16-14(15)17-8-5-6-9-19-12-10-18(4-2)11-13-19/h3H,1,4-13H2,2H3,(H3,15,16,17). The van der Waals surface area contributed by atoms with Crippen LogP contribution < -0.4 is 11.1 Å². The van der Waals surface area contributed by atoms with E-state index in [-0.39, 0.29) is 0 Å². The average Bonchev–Trinajstić information content (AvgIpc) is 2.45. The van der Waals surface area contributed by atoms with Crippen molar-refractivity contribution in [1.29, 1.82) is 0 Å². The van der Waals surface area contributed by atoms with Crippen molar-refractivity contribution in [3.63, 3.8) is 0 Å². The highest BCUT2D eigenvalue weighted by Crippen LogP contribution is 2.03. The highest BCUT2D eigenvalue weighted by molar-refractivity contribution is 5.77. The molecule has 1 fully saturated rings. The van der Waals surface area contributed by atoms with Gasteiger partial charge in [0.2, 0.25) is 0 Å². The fourth-order valence-electron chi connectivity index (χ4n) is 2.21. The summed E-state index contributed by atoms with van der Waals surface area (Å²) in [7, 11) is 0. The van der Waals surface area contributed by atoms with Gasteiger partial charge in [-0.3, -0.25) is 4.99 Å². The first-order valence-electron chi connectivity index (χ1n) is 7.35. The molecule has 1 saturated heterocycles. The number of hydrogen-bond donors (Lipinski definition) is 2. The predicted molar refractivity (Wildman–Crippen MR) is 82.5 cm³/mol. The van der Waals surface area contributed by atoms with Crippen LogP contribution in [0.25, 0.3) is 0 Å². The second-order valence-electron chi connectivity index (χ2n) is 4.92. The minimum Gasteiger partial charge on any atom is -0.370 e. The molecule has 0 aromatic rings. The summed E-state index contributed by atoms with van der Waals surface area (Å²) in [4.78, 5) is 9.34. The minimum atomic E-state index is 0.525. The lowest BCUT2D eigenvalue weighted by Gasteiger charge is -2.33. The Morgan fingerprint density at radius 1 is 1.26 bits per heavy atom. The molecule has 1 aliphatic rings. The van der Waals surface area contributed by atoms with Crippen molar-refractivity contribution >= 4 is 5.96 Å². The van der Waals surface area contributed by atoms with Crippen molar-refractivity contribution in [3.05, 3.63) is 12.7 Å². The molecule has 19 heavy (non-hydrogen) atoms. The van der Waals surface area contributed by atoms with E-state index in [0.717, 1.165) is 13.0 Å². The first kappa shape index (κ1) is 16.0. The van der Waals surface area contributed by atoms with Gasteiger partial charge in [-0.1, -0.05) is 13.0 Å². The fourth-order valence-corrected chi connectivity index (χ4v) is 2.21. The molecule has 1 rings (SSSR count). The van der Waals surface area contributed by atoms with Gasteiger partial charge in [0.05, 0.1) is 0 Å². The predicted octanol–water partition coefficient (Wildman–Crippen LogP) is 0.494. The van der Waals surface area contributed by atoms with Crippen LogP contribution in [0.2, 0.25) is 0 Å². The number of guanidine groups is 1. The molecule has 0 radical (unpaired) electrons.